The number of nitrogens with zero attached hydrogens (tertiary/aromatic N) is 4. The van der Waals surface area contributed by atoms with Crippen LogP contribution < -0.4 is 11.3 Å². The number of aromatic nitrogens is 2. The molecule has 1 aromatic carbocycles. The van der Waals surface area contributed by atoms with Gasteiger partial charge in [-0.1, -0.05) is 44.2 Å². The molecule has 1 spiro atoms. The molecule has 2 saturated heterocycles. The van der Waals surface area contributed by atoms with Crippen molar-refractivity contribution in [1.82, 2.24) is 25.0 Å². The van der Waals surface area contributed by atoms with Gasteiger partial charge in [-0.2, -0.15) is 5.10 Å². The van der Waals surface area contributed by atoms with Gasteiger partial charge in [-0.25, -0.2) is 5.84 Å². The number of hydrogen-bond acceptors (Lipinski definition) is 5. The highest BCUT2D eigenvalue weighted by Crippen LogP contribution is 2.54. The molecule has 174 valence electrons. The summed E-state index contributed by atoms with van der Waals surface area (Å²) in [5.41, 5.74) is 3.45. The molecular weight excluding hydrogens is 420 g/mol. The van der Waals surface area contributed by atoms with Gasteiger partial charge in [0.15, 0.2) is 0 Å². The maximum atomic E-state index is 13.2. The molecule has 3 aliphatic rings. The number of likely N-dealkylation sites (tertiary alicyclic amines) is 2. The topological polar surface area (TPSA) is 114 Å². The van der Waals surface area contributed by atoms with Crippen LogP contribution in [0.3, 0.4) is 0 Å². The SMILES string of the molecule is CC1(C)C[C@@H]1C(=O)N1CC2(CN(C(=O)c3cnn(Cc4ccccc4)c3)CC2C(=O)NN)C1. The Labute approximate surface area is 192 Å². The van der Waals surface area contributed by atoms with Crippen LogP contribution in [0.15, 0.2) is 42.7 Å². The van der Waals surface area contributed by atoms with Crippen molar-refractivity contribution in [2.24, 2.45) is 28.5 Å². The van der Waals surface area contributed by atoms with Crippen molar-refractivity contribution in [3.63, 3.8) is 0 Å². The highest BCUT2D eigenvalue weighted by Gasteiger charge is 2.61. The molecule has 1 saturated carbocycles. The molecule has 1 aromatic heterocycles. The molecule has 3 heterocycles. The zero-order valence-corrected chi connectivity index (χ0v) is 19.0. The summed E-state index contributed by atoms with van der Waals surface area (Å²) in [7, 11) is 0. The van der Waals surface area contributed by atoms with Crippen molar-refractivity contribution in [3.8, 4) is 0 Å². The van der Waals surface area contributed by atoms with Crippen molar-refractivity contribution in [2.45, 2.75) is 26.8 Å². The van der Waals surface area contributed by atoms with Crippen LogP contribution in [0, 0.1) is 22.7 Å². The minimum Gasteiger partial charge on any atom is -0.341 e. The van der Waals surface area contributed by atoms with Gasteiger partial charge in [0, 0.05) is 43.7 Å². The fourth-order valence-electron chi connectivity index (χ4n) is 5.40. The normalized spacial score (nSPS) is 24.5. The molecule has 1 unspecified atom stereocenters. The van der Waals surface area contributed by atoms with Gasteiger partial charge in [-0.3, -0.25) is 24.5 Å². The van der Waals surface area contributed by atoms with Crippen molar-refractivity contribution in [1.29, 1.82) is 0 Å². The summed E-state index contributed by atoms with van der Waals surface area (Å²) in [5, 5.41) is 4.34. The maximum Gasteiger partial charge on any atom is 0.257 e. The van der Waals surface area contributed by atoms with Gasteiger partial charge in [0.2, 0.25) is 11.8 Å². The molecule has 0 bridgehead atoms. The Kier molecular flexibility index (Phi) is 5.04. The zero-order chi connectivity index (χ0) is 23.4. The molecule has 0 radical (unpaired) electrons. The third kappa shape index (κ3) is 3.80. The van der Waals surface area contributed by atoms with E-state index >= 15 is 0 Å². The third-order valence-electron chi connectivity index (χ3n) is 7.60. The lowest BCUT2D eigenvalue weighted by Gasteiger charge is -2.50. The minimum atomic E-state index is -0.451. The first-order valence-corrected chi connectivity index (χ1v) is 11.4. The molecule has 9 nitrogen and oxygen atoms in total. The van der Waals surface area contributed by atoms with Gasteiger partial charge in [0.1, 0.15) is 0 Å². The molecule has 3 amide bonds. The number of hydrazine groups is 1. The number of carbonyl (C=O) groups is 3. The predicted octanol–water partition coefficient (Wildman–Crippen LogP) is 0.868. The second-order valence-corrected chi connectivity index (χ2v) is 10.5. The van der Waals surface area contributed by atoms with Crippen LogP contribution in [-0.2, 0) is 16.1 Å². The van der Waals surface area contributed by atoms with Crippen LogP contribution >= 0.6 is 0 Å². The van der Waals surface area contributed by atoms with Gasteiger partial charge in [0.05, 0.1) is 24.2 Å². The summed E-state index contributed by atoms with van der Waals surface area (Å²) in [5.74, 6) is 4.78. The largest absolute Gasteiger partial charge is 0.341 e. The van der Waals surface area contributed by atoms with Crippen LogP contribution in [0.1, 0.15) is 36.2 Å². The lowest BCUT2D eigenvalue weighted by Crippen LogP contribution is -2.64. The molecule has 3 N–H and O–H groups in total. The number of hydrogen-bond donors (Lipinski definition) is 2. The van der Waals surface area contributed by atoms with E-state index in [1.54, 1.807) is 22.0 Å². The van der Waals surface area contributed by atoms with Crippen LogP contribution in [0.5, 0.6) is 0 Å². The van der Waals surface area contributed by atoms with Gasteiger partial charge in [0.25, 0.3) is 5.91 Å². The Hall–Kier alpha value is -3.20. The highest BCUT2D eigenvalue weighted by atomic mass is 16.2. The molecule has 2 aromatic rings. The lowest BCUT2D eigenvalue weighted by atomic mass is 9.71. The standard InChI is InChI=1S/C24H30N6O3/c1-23(2)8-18(23)22(33)29-14-24(15-29)13-28(12-19(24)20(31)27-25)21(32)17-9-26-30(11-17)10-16-6-4-3-5-7-16/h3-7,9,11,18-19H,8,10,12-15,25H2,1-2H3,(H,27,31)/t18-,19?/m1/s1. The van der Waals surface area contributed by atoms with Crippen LogP contribution in [0.4, 0.5) is 0 Å². The molecule has 1 aliphatic carbocycles. The maximum absolute atomic E-state index is 13.2. The first-order valence-electron chi connectivity index (χ1n) is 11.4. The van der Waals surface area contributed by atoms with Crippen LogP contribution in [-0.4, -0.2) is 63.5 Å². The van der Waals surface area contributed by atoms with Crippen LogP contribution in [0.2, 0.25) is 0 Å². The monoisotopic (exact) mass is 450 g/mol. The van der Waals surface area contributed by atoms with Gasteiger partial charge in [-0.05, 0) is 17.4 Å². The number of nitrogens with one attached hydrogen (secondary N) is 1. The number of rotatable bonds is 5. The van der Waals surface area contributed by atoms with Gasteiger partial charge >= 0.3 is 0 Å². The predicted molar refractivity (Wildman–Crippen MR) is 120 cm³/mol. The number of nitrogens with two attached hydrogens (primary N) is 1. The van der Waals surface area contributed by atoms with Gasteiger partial charge < -0.3 is 9.80 Å². The molecule has 9 heteroatoms. The van der Waals surface area contributed by atoms with E-state index in [1.807, 2.05) is 35.2 Å². The van der Waals surface area contributed by atoms with Gasteiger partial charge in [-0.15, -0.1) is 0 Å². The Balaban J connectivity index is 1.27. The molecule has 3 fully saturated rings. The van der Waals surface area contributed by atoms with E-state index in [2.05, 4.69) is 24.4 Å². The zero-order valence-electron chi connectivity index (χ0n) is 19.0. The first kappa shape index (κ1) is 21.6. The molecule has 2 aliphatic heterocycles. The summed E-state index contributed by atoms with van der Waals surface area (Å²) < 4.78 is 1.74. The quantitative estimate of drug-likeness (QED) is 0.399. The second-order valence-electron chi connectivity index (χ2n) is 10.5. The fourth-order valence-corrected chi connectivity index (χ4v) is 5.40. The van der Waals surface area contributed by atoms with Crippen molar-refractivity contribution in [2.75, 3.05) is 26.2 Å². The van der Waals surface area contributed by atoms with E-state index in [-0.39, 0.29) is 35.6 Å². The summed E-state index contributed by atoms with van der Waals surface area (Å²) in [4.78, 5) is 42.1. The third-order valence-corrected chi connectivity index (χ3v) is 7.60. The van der Waals surface area contributed by atoms with Crippen molar-refractivity contribution >= 4 is 17.7 Å². The summed E-state index contributed by atoms with van der Waals surface area (Å²) >= 11 is 0. The summed E-state index contributed by atoms with van der Waals surface area (Å²) in [6.45, 7) is 6.44. The Bertz CT molecular complexity index is 1090. The lowest BCUT2D eigenvalue weighted by molar-refractivity contribution is -0.151. The van der Waals surface area contributed by atoms with E-state index < -0.39 is 11.3 Å². The highest BCUT2D eigenvalue weighted by molar-refractivity contribution is 5.95. The van der Waals surface area contributed by atoms with Crippen molar-refractivity contribution in [3.05, 3.63) is 53.9 Å². The summed E-state index contributed by atoms with van der Waals surface area (Å²) in [6.07, 6.45) is 4.21. The Morgan fingerprint density at radius 3 is 2.39 bits per heavy atom. The average molecular weight is 451 g/mol. The minimum absolute atomic E-state index is 0.0610. The van der Waals surface area contributed by atoms with E-state index in [4.69, 9.17) is 5.84 Å². The average Bonchev–Trinajstić information content (AvgIpc) is 3.13. The molecule has 33 heavy (non-hydrogen) atoms. The molecule has 5 rings (SSSR count). The number of carbonyl (C=O) groups excluding carboxylic acids is 3. The molecule has 2 atom stereocenters. The smallest absolute Gasteiger partial charge is 0.257 e. The van der Waals surface area contributed by atoms with Crippen molar-refractivity contribution < 1.29 is 14.4 Å². The fraction of sp³-hybridized carbons (Fsp3) is 0.500. The van der Waals surface area contributed by atoms with E-state index in [1.165, 1.54) is 0 Å². The van der Waals surface area contributed by atoms with E-state index in [0.717, 1.165) is 12.0 Å². The van der Waals surface area contributed by atoms with E-state index in [0.29, 0.717) is 31.7 Å². The summed E-state index contributed by atoms with van der Waals surface area (Å²) in [6, 6.07) is 9.91. The van der Waals surface area contributed by atoms with Crippen LogP contribution in [0.25, 0.3) is 0 Å². The second kappa shape index (κ2) is 7.69. The van der Waals surface area contributed by atoms with E-state index in [9.17, 15) is 14.4 Å². The Morgan fingerprint density at radius 1 is 1.09 bits per heavy atom. The number of benzene rings is 1. The Morgan fingerprint density at radius 2 is 1.76 bits per heavy atom. The number of amides is 3. The first-order chi connectivity index (χ1) is 15.7. The molecular formula is C24H30N6O3.